The molecule has 0 radical (unpaired) electrons. The van der Waals surface area contributed by atoms with Gasteiger partial charge in [-0.25, -0.2) is 8.78 Å². The highest BCUT2D eigenvalue weighted by Crippen LogP contribution is 2.56. The minimum Gasteiger partial charge on any atom is -0.456 e. The van der Waals surface area contributed by atoms with Crippen molar-refractivity contribution in [2.45, 2.75) is 110 Å². The first kappa shape index (κ1) is 31.4. The lowest BCUT2D eigenvalue weighted by molar-refractivity contribution is -0.597. The molecule has 1 unspecified atom stereocenters. The maximum atomic E-state index is 13.1. The summed E-state index contributed by atoms with van der Waals surface area (Å²) in [6.07, 6.45) is 4.40. The van der Waals surface area contributed by atoms with Crippen LogP contribution in [-0.4, -0.2) is 18.0 Å². The van der Waals surface area contributed by atoms with Gasteiger partial charge in [-0.15, -0.1) is 0 Å². The second-order valence-corrected chi connectivity index (χ2v) is 17.6. The summed E-state index contributed by atoms with van der Waals surface area (Å²) < 4.78 is 34.3. The van der Waals surface area contributed by atoms with E-state index in [1.54, 1.807) is 0 Å². The Morgan fingerprint density at radius 2 is 1.10 bits per heavy atom. The Morgan fingerprint density at radius 3 is 1.43 bits per heavy atom. The van der Waals surface area contributed by atoms with Crippen LogP contribution in [0.15, 0.2) is 48.5 Å². The highest BCUT2D eigenvalue weighted by molar-refractivity contribution is 5.74. The SMILES string of the molecule is CC(C)(C)c1ccc([I+]c2ccc(C(C)(C)C)cc2)cc1.CC(OC(=O)C1C2CC3CC(C2)CC1C3)C(C)(F)F. The molecule has 0 saturated heterocycles. The molecule has 0 amide bonds. The Balaban J connectivity index is 0.000000186. The Hall–Kier alpha value is -1.50. The number of benzene rings is 2. The summed E-state index contributed by atoms with van der Waals surface area (Å²) in [6.45, 7) is 15.7. The lowest BCUT2D eigenvalue weighted by atomic mass is 9.52. The summed E-state index contributed by atoms with van der Waals surface area (Å²) in [5.41, 5.74) is 3.31. The fourth-order valence-corrected chi connectivity index (χ4v) is 8.98. The lowest BCUT2D eigenvalue weighted by Crippen LogP contribution is -3.61. The van der Waals surface area contributed by atoms with Gasteiger partial charge in [0, 0.05) is 6.92 Å². The zero-order chi connectivity index (χ0) is 29.5. The third kappa shape index (κ3) is 7.86. The molecule has 0 N–H and O–H groups in total. The van der Waals surface area contributed by atoms with E-state index in [0.29, 0.717) is 11.8 Å². The summed E-state index contributed by atoms with van der Waals surface area (Å²) in [5, 5.41) is 0. The van der Waals surface area contributed by atoms with Crippen molar-refractivity contribution >= 4 is 5.97 Å². The Bertz CT molecular complexity index is 1050. The van der Waals surface area contributed by atoms with E-state index in [0.717, 1.165) is 44.4 Å². The molecule has 1 atom stereocenters. The van der Waals surface area contributed by atoms with Crippen molar-refractivity contribution in [2.75, 3.05) is 0 Å². The molecule has 40 heavy (non-hydrogen) atoms. The summed E-state index contributed by atoms with van der Waals surface area (Å²) in [5.74, 6) is -1.11. The van der Waals surface area contributed by atoms with Gasteiger partial charge in [-0.05, 0) is 109 Å². The molecule has 220 valence electrons. The van der Waals surface area contributed by atoms with Crippen molar-refractivity contribution in [3.05, 3.63) is 66.8 Å². The molecular formula is C35H48F2IO2+. The van der Waals surface area contributed by atoms with Crippen molar-refractivity contribution in [2.24, 2.45) is 29.6 Å². The molecule has 0 aliphatic heterocycles. The van der Waals surface area contributed by atoms with E-state index in [4.69, 9.17) is 4.74 Å². The van der Waals surface area contributed by atoms with Gasteiger partial charge in [0.2, 0.25) is 0 Å². The number of rotatable bonds is 5. The van der Waals surface area contributed by atoms with Crippen LogP contribution in [0.4, 0.5) is 8.78 Å². The van der Waals surface area contributed by atoms with Crippen LogP contribution in [0.3, 0.4) is 0 Å². The van der Waals surface area contributed by atoms with E-state index >= 15 is 0 Å². The van der Waals surface area contributed by atoms with Crippen LogP contribution < -0.4 is 21.2 Å². The van der Waals surface area contributed by atoms with Gasteiger partial charge in [-0.2, -0.15) is 0 Å². The number of carbonyl (C=O) groups is 1. The smallest absolute Gasteiger partial charge is 0.357 e. The summed E-state index contributed by atoms with van der Waals surface area (Å²) in [6, 6.07) is 18.4. The predicted octanol–water partition coefficient (Wildman–Crippen LogP) is 6.06. The van der Waals surface area contributed by atoms with Crippen LogP contribution in [0.5, 0.6) is 0 Å². The number of esters is 1. The third-order valence-corrected chi connectivity index (χ3v) is 11.8. The molecular weight excluding hydrogens is 617 g/mol. The highest BCUT2D eigenvalue weighted by atomic mass is 127. The molecule has 5 heteroatoms. The van der Waals surface area contributed by atoms with E-state index in [1.165, 1.54) is 31.6 Å². The Labute approximate surface area is 251 Å². The molecule has 4 bridgehead atoms. The average molecular weight is 666 g/mol. The zero-order valence-corrected chi connectivity index (χ0v) is 27.7. The summed E-state index contributed by atoms with van der Waals surface area (Å²) >= 11 is -0.0703. The first-order valence-electron chi connectivity index (χ1n) is 14.9. The Kier molecular flexibility index (Phi) is 9.44. The van der Waals surface area contributed by atoms with Gasteiger partial charge >= 0.3 is 27.2 Å². The molecule has 2 aromatic rings. The van der Waals surface area contributed by atoms with E-state index < -0.39 is 12.0 Å². The number of carbonyl (C=O) groups excluding carboxylic acids is 1. The number of ether oxygens (including phenoxy) is 1. The minimum absolute atomic E-state index is 0.0703. The third-order valence-electron chi connectivity index (χ3n) is 9.14. The van der Waals surface area contributed by atoms with Crippen LogP contribution in [0.2, 0.25) is 0 Å². The number of halogens is 3. The molecule has 4 aliphatic rings. The topological polar surface area (TPSA) is 26.3 Å². The highest BCUT2D eigenvalue weighted by Gasteiger charge is 2.52. The van der Waals surface area contributed by atoms with Crippen molar-refractivity contribution in [3.63, 3.8) is 0 Å². The van der Waals surface area contributed by atoms with E-state index in [9.17, 15) is 13.6 Å². The molecule has 0 aromatic heterocycles. The monoisotopic (exact) mass is 665 g/mol. The van der Waals surface area contributed by atoms with Gasteiger partial charge in [-0.1, -0.05) is 65.8 Å². The van der Waals surface area contributed by atoms with Crippen LogP contribution in [0.25, 0.3) is 0 Å². The number of hydrogen-bond acceptors (Lipinski definition) is 2. The fraction of sp³-hybridized carbons (Fsp3) is 0.629. The van der Waals surface area contributed by atoms with Crippen molar-refractivity contribution in [1.82, 2.24) is 0 Å². The van der Waals surface area contributed by atoms with Gasteiger partial charge in [-0.3, -0.25) is 4.79 Å². The van der Waals surface area contributed by atoms with Crippen molar-refractivity contribution < 1.29 is 39.5 Å². The quantitative estimate of drug-likeness (QED) is 0.287. The van der Waals surface area contributed by atoms with E-state index in [1.807, 2.05) is 0 Å². The molecule has 4 saturated carbocycles. The maximum absolute atomic E-state index is 13.1. The molecule has 2 aromatic carbocycles. The molecule has 4 fully saturated rings. The average Bonchev–Trinajstić information content (AvgIpc) is 2.83. The van der Waals surface area contributed by atoms with Crippen LogP contribution >= 0.6 is 0 Å². The molecule has 6 rings (SSSR count). The standard InChI is InChI=1S/C20H26I.C15H22F2O2/c1-19(2,3)15-7-11-17(12-8-15)21-18-13-9-16(10-14-18)20(4,5)6;1-8(15(2,16)17)19-14(18)13-11-4-9-3-10(6-11)7-12(13)5-9/h7-14H,1-6H3;8-13H,3-7H2,1-2H3/q+1;. The van der Waals surface area contributed by atoms with Gasteiger partial charge in [0.05, 0.1) is 5.92 Å². The minimum atomic E-state index is -2.96. The zero-order valence-electron chi connectivity index (χ0n) is 25.6. The second-order valence-electron chi connectivity index (χ2n) is 14.6. The van der Waals surface area contributed by atoms with Gasteiger partial charge in [0.1, 0.15) is 0 Å². The fourth-order valence-electron chi connectivity index (χ4n) is 6.82. The summed E-state index contributed by atoms with van der Waals surface area (Å²) in [7, 11) is 0. The van der Waals surface area contributed by atoms with Crippen LogP contribution in [0, 0.1) is 36.7 Å². The van der Waals surface area contributed by atoms with Crippen LogP contribution in [0.1, 0.15) is 98.6 Å². The number of hydrogen-bond donors (Lipinski definition) is 0. The van der Waals surface area contributed by atoms with Crippen molar-refractivity contribution in [3.8, 4) is 0 Å². The normalized spacial score (nSPS) is 26.6. The van der Waals surface area contributed by atoms with Gasteiger partial charge in [0.15, 0.2) is 13.2 Å². The number of alkyl halides is 2. The van der Waals surface area contributed by atoms with E-state index in [2.05, 4.69) is 90.1 Å². The van der Waals surface area contributed by atoms with E-state index in [-0.39, 0.29) is 43.9 Å². The first-order valence-corrected chi connectivity index (χ1v) is 17.1. The van der Waals surface area contributed by atoms with Crippen LogP contribution in [-0.2, 0) is 20.4 Å². The molecule has 4 aliphatic carbocycles. The molecule has 2 nitrogen and oxygen atoms in total. The lowest BCUT2D eigenvalue weighted by Gasteiger charge is -2.53. The van der Waals surface area contributed by atoms with Crippen molar-refractivity contribution in [1.29, 1.82) is 0 Å². The largest absolute Gasteiger partial charge is 0.456 e. The maximum Gasteiger partial charge on any atom is 0.357 e. The molecule has 0 spiro atoms. The Morgan fingerprint density at radius 1 is 0.725 bits per heavy atom. The summed E-state index contributed by atoms with van der Waals surface area (Å²) in [4.78, 5) is 12.2. The predicted molar refractivity (Wildman–Crippen MR) is 154 cm³/mol. The van der Waals surface area contributed by atoms with Gasteiger partial charge in [0.25, 0.3) is 5.92 Å². The molecule has 0 heterocycles. The first-order chi connectivity index (χ1) is 18.5. The second kappa shape index (κ2) is 12.0. The van der Waals surface area contributed by atoms with Gasteiger partial charge < -0.3 is 4.74 Å².